The van der Waals surface area contributed by atoms with Crippen LogP contribution < -0.4 is 25.7 Å². The predicted octanol–water partition coefficient (Wildman–Crippen LogP) is 4.16. The standard InChI is InChI=1S/C31H31Cl2N7O4/c1-37(2)19-12-38(13-19)28-6-3-17(11-35-28)39-14-21(31(42)43)29(41)20-9-23(33)26(10-25(20)39)40-18(7-16-8-24(16)40)15-44-30-22(32)4-5-27(34)36-30/h3-6,9-11,14,16,18-19,24H,7-8,12-13,15H2,1-2H3,(H2,34,36)(H,42,43)/t16?,18-,24?/m1/s1. The van der Waals surface area contributed by atoms with E-state index in [1.807, 2.05) is 18.2 Å². The number of carboxylic acid groups (broad SMARTS) is 1. The van der Waals surface area contributed by atoms with E-state index in [1.54, 1.807) is 29.0 Å². The lowest BCUT2D eigenvalue weighted by Crippen LogP contribution is -2.57. The molecule has 0 spiro atoms. The predicted molar refractivity (Wildman–Crippen MR) is 171 cm³/mol. The smallest absolute Gasteiger partial charge is 0.341 e. The summed E-state index contributed by atoms with van der Waals surface area (Å²) in [6.07, 6.45) is 5.00. The Bertz CT molecular complexity index is 1840. The van der Waals surface area contributed by atoms with Crippen molar-refractivity contribution in [1.82, 2.24) is 19.4 Å². The maximum absolute atomic E-state index is 13.3. The molecule has 3 atom stereocenters. The molecule has 44 heavy (non-hydrogen) atoms. The number of carbonyl (C=O) groups is 1. The average Bonchev–Trinajstić information content (AvgIpc) is 3.63. The summed E-state index contributed by atoms with van der Waals surface area (Å²) in [4.78, 5) is 40.9. The van der Waals surface area contributed by atoms with Gasteiger partial charge in [-0.25, -0.2) is 9.78 Å². The van der Waals surface area contributed by atoms with E-state index in [9.17, 15) is 14.7 Å². The fourth-order valence-electron chi connectivity index (χ4n) is 6.37. The van der Waals surface area contributed by atoms with Gasteiger partial charge in [-0.2, -0.15) is 4.98 Å². The molecule has 7 rings (SSSR count). The van der Waals surface area contributed by atoms with Crippen molar-refractivity contribution < 1.29 is 14.6 Å². The van der Waals surface area contributed by atoms with E-state index >= 15 is 0 Å². The monoisotopic (exact) mass is 635 g/mol. The minimum Gasteiger partial charge on any atom is -0.477 e. The number of carboxylic acids is 1. The first-order valence-electron chi connectivity index (χ1n) is 14.4. The van der Waals surface area contributed by atoms with Crippen LogP contribution in [0.4, 0.5) is 17.3 Å². The molecule has 0 amide bonds. The number of aromatic carboxylic acids is 1. The zero-order valence-corrected chi connectivity index (χ0v) is 25.7. The summed E-state index contributed by atoms with van der Waals surface area (Å²) >= 11 is 13.1. The van der Waals surface area contributed by atoms with Crippen LogP contribution in [0.2, 0.25) is 10.0 Å². The van der Waals surface area contributed by atoms with Gasteiger partial charge in [-0.05, 0) is 69.3 Å². The normalized spacial score (nSPS) is 21.1. The van der Waals surface area contributed by atoms with E-state index in [-0.39, 0.29) is 28.9 Å². The molecule has 2 aliphatic heterocycles. The van der Waals surface area contributed by atoms with Crippen LogP contribution in [0.25, 0.3) is 16.6 Å². The van der Waals surface area contributed by atoms with Gasteiger partial charge >= 0.3 is 5.97 Å². The Hall–Kier alpha value is -4.06. The second-order valence-corrected chi connectivity index (χ2v) is 12.8. The quantitative estimate of drug-likeness (QED) is 0.291. The summed E-state index contributed by atoms with van der Waals surface area (Å²) in [6, 6.07) is 11.3. The van der Waals surface area contributed by atoms with Gasteiger partial charge in [-0.15, -0.1) is 0 Å². The number of piperidine rings is 1. The molecule has 3 fully saturated rings. The molecule has 1 aromatic carbocycles. The number of anilines is 3. The van der Waals surface area contributed by atoms with Gasteiger partial charge in [0.2, 0.25) is 11.3 Å². The van der Waals surface area contributed by atoms with Gasteiger partial charge in [-0.1, -0.05) is 23.2 Å². The van der Waals surface area contributed by atoms with Crippen molar-refractivity contribution in [2.24, 2.45) is 5.92 Å². The number of aromatic nitrogens is 3. The van der Waals surface area contributed by atoms with Crippen LogP contribution in [-0.4, -0.2) is 82.4 Å². The van der Waals surface area contributed by atoms with Gasteiger partial charge in [-0.3, -0.25) is 4.79 Å². The zero-order valence-electron chi connectivity index (χ0n) is 24.2. The number of benzene rings is 1. The molecule has 3 aromatic heterocycles. The van der Waals surface area contributed by atoms with E-state index in [1.165, 1.54) is 6.20 Å². The van der Waals surface area contributed by atoms with Crippen LogP contribution in [0.5, 0.6) is 5.88 Å². The van der Waals surface area contributed by atoms with Crippen molar-refractivity contribution in [2.45, 2.75) is 31.0 Å². The first kappa shape index (κ1) is 28.7. The van der Waals surface area contributed by atoms with Gasteiger partial charge in [0.1, 0.15) is 28.8 Å². The third kappa shape index (κ3) is 4.98. The van der Waals surface area contributed by atoms with Gasteiger partial charge in [0.25, 0.3) is 0 Å². The van der Waals surface area contributed by atoms with Crippen LogP contribution in [0.15, 0.2) is 53.6 Å². The number of halogens is 2. The molecule has 13 heteroatoms. The Kier molecular flexibility index (Phi) is 7.06. The number of pyridine rings is 3. The van der Waals surface area contributed by atoms with E-state index < -0.39 is 11.4 Å². The minimum atomic E-state index is -1.31. The van der Waals surface area contributed by atoms with Crippen molar-refractivity contribution in [2.75, 3.05) is 49.3 Å². The lowest BCUT2D eigenvalue weighted by Gasteiger charge is -2.43. The Morgan fingerprint density at radius 3 is 2.64 bits per heavy atom. The molecular formula is C31H31Cl2N7O4. The number of nitrogens with two attached hydrogens (primary N) is 1. The number of hydrogen-bond donors (Lipinski definition) is 2. The van der Waals surface area contributed by atoms with Crippen LogP contribution >= 0.6 is 23.2 Å². The summed E-state index contributed by atoms with van der Waals surface area (Å²) < 4.78 is 7.73. The number of hydrogen-bond acceptors (Lipinski definition) is 9. The van der Waals surface area contributed by atoms with Crippen molar-refractivity contribution in [3.63, 3.8) is 0 Å². The minimum absolute atomic E-state index is 0.0186. The summed E-state index contributed by atoms with van der Waals surface area (Å²) in [6.45, 7) is 2.08. The molecule has 1 aliphatic carbocycles. The summed E-state index contributed by atoms with van der Waals surface area (Å²) in [5, 5.41) is 10.8. The highest BCUT2D eigenvalue weighted by Crippen LogP contribution is 2.51. The van der Waals surface area contributed by atoms with E-state index in [4.69, 9.17) is 33.7 Å². The van der Waals surface area contributed by atoms with E-state index in [2.05, 4.69) is 38.8 Å². The molecule has 1 saturated carbocycles. The molecule has 228 valence electrons. The van der Waals surface area contributed by atoms with Gasteiger partial charge in [0.05, 0.1) is 34.2 Å². The number of likely N-dealkylation sites (N-methyl/N-ethyl adjacent to an activating group) is 1. The highest BCUT2D eigenvalue weighted by atomic mass is 35.5. The van der Waals surface area contributed by atoms with E-state index in [0.717, 1.165) is 37.4 Å². The van der Waals surface area contributed by atoms with E-state index in [0.29, 0.717) is 45.6 Å². The van der Waals surface area contributed by atoms with Crippen LogP contribution in [-0.2, 0) is 0 Å². The molecule has 2 unspecified atom stereocenters. The molecule has 0 radical (unpaired) electrons. The molecule has 0 bridgehead atoms. The Balaban J connectivity index is 1.26. The fraction of sp³-hybridized carbons (Fsp3) is 0.355. The molecular weight excluding hydrogens is 605 g/mol. The molecule has 4 aromatic rings. The first-order chi connectivity index (χ1) is 21.1. The average molecular weight is 637 g/mol. The summed E-state index contributed by atoms with van der Waals surface area (Å²) in [5.41, 5.74) is 6.82. The first-order valence-corrected chi connectivity index (χ1v) is 15.2. The highest BCUT2D eigenvalue weighted by molar-refractivity contribution is 6.34. The number of rotatable bonds is 8. The number of nitrogen functional groups attached to an aromatic ring is 1. The van der Waals surface area contributed by atoms with Crippen molar-refractivity contribution >= 4 is 57.4 Å². The van der Waals surface area contributed by atoms with Gasteiger partial charge in [0, 0.05) is 36.8 Å². The molecule has 11 nitrogen and oxygen atoms in total. The summed E-state index contributed by atoms with van der Waals surface area (Å²) in [7, 11) is 4.13. The number of fused-ring (bicyclic) bond motifs is 2. The zero-order chi connectivity index (χ0) is 30.9. The van der Waals surface area contributed by atoms with Crippen LogP contribution in [0, 0.1) is 5.92 Å². The highest BCUT2D eigenvalue weighted by Gasteiger charge is 2.52. The molecule has 3 aliphatic rings. The maximum Gasteiger partial charge on any atom is 0.341 e. The summed E-state index contributed by atoms with van der Waals surface area (Å²) in [5.74, 6) is 0.628. The number of nitrogens with zero attached hydrogens (tertiary/aromatic N) is 6. The van der Waals surface area contributed by atoms with Gasteiger partial charge < -0.3 is 34.8 Å². The lowest BCUT2D eigenvalue weighted by molar-refractivity contribution is 0.0695. The topological polar surface area (TPSA) is 130 Å². The van der Waals surface area contributed by atoms with Crippen molar-refractivity contribution in [3.05, 3.63) is 74.6 Å². The molecule has 2 saturated heterocycles. The largest absolute Gasteiger partial charge is 0.477 e. The van der Waals surface area contributed by atoms with Gasteiger partial charge in [0.15, 0.2) is 0 Å². The lowest BCUT2D eigenvalue weighted by atomic mass is 10.1. The SMILES string of the molecule is CN(C)C1CN(c2ccc(-n3cc(C(=O)O)c(=O)c4cc(Cl)c(N5C6CC6C[C@@H]5COc5nc(N)ccc5Cl)cc43)cn2)C1. The number of ether oxygens (including phenoxy) is 1. The van der Waals surface area contributed by atoms with Crippen molar-refractivity contribution in [3.8, 4) is 11.6 Å². The third-order valence-corrected chi connectivity index (χ3v) is 9.56. The third-order valence-electron chi connectivity index (χ3n) is 8.97. The molecule has 5 heterocycles. The fourth-order valence-corrected chi connectivity index (χ4v) is 6.79. The molecule has 3 N–H and O–H groups in total. The Morgan fingerprint density at radius 1 is 1.14 bits per heavy atom. The van der Waals surface area contributed by atoms with Crippen molar-refractivity contribution in [1.29, 1.82) is 0 Å². The Morgan fingerprint density at radius 2 is 1.93 bits per heavy atom. The second kappa shape index (κ2) is 10.8. The maximum atomic E-state index is 13.3. The van der Waals surface area contributed by atoms with Crippen LogP contribution in [0.3, 0.4) is 0 Å². The van der Waals surface area contributed by atoms with Crippen LogP contribution in [0.1, 0.15) is 23.2 Å². The second-order valence-electron chi connectivity index (χ2n) is 12.0. The Labute approximate surface area is 263 Å².